The molecular formula is C12H14N2. The largest absolute Gasteiger partial charge is 0.354 e. The molecule has 0 spiro atoms. The van der Waals surface area contributed by atoms with Crippen LogP contribution >= 0.6 is 0 Å². The summed E-state index contributed by atoms with van der Waals surface area (Å²) in [6, 6.07) is 8.63. The second kappa shape index (κ2) is 4.09. The maximum Gasteiger partial charge on any atom is 0.110 e. The molecule has 72 valence electrons. The van der Waals surface area contributed by atoms with Crippen LogP contribution in [0.3, 0.4) is 0 Å². The highest BCUT2D eigenvalue weighted by Gasteiger charge is 2.01. The molecule has 1 aromatic carbocycles. The zero-order valence-corrected chi connectivity index (χ0v) is 8.35. The molecule has 0 atom stereocenters. The number of aliphatic imine (C=N–C) groups is 1. The maximum absolute atomic E-state index is 4.19. The van der Waals surface area contributed by atoms with E-state index in [1.54, 1.807) is 0 Å². The minimum atomic E-state index is 0.768. The predicted octanol–water partition coefficient (Wildman–Crippen LogP) is 2.35. The molecule has 0 unspecified atom stereocenters. The summed E-state index contributed by atoms with van der Waals surface area (Å²) in [5.41, 5.74) is 2.64. The van der Waals surface area contributed by atoms with E-state index in [0.717, 1.165) is 13.2 Å². The molecule has 2 nitrogen and oxygen atoms in total. The van der Waals surface area contributed by atoms with Crippen LogP contribution < -0.4 is 0 Å². The lowest BCUT2D eigenvalue weighted by Gasteiger charge is -2.19. The molecule has 0 fully saturated rings. The lowest BCUT2D eigenvalue weighted by Crippen LogP contribution is -2.18. The van der Waals surface area contributed by atoms with Gasteiger partial charge in [-0.3, -0.25) is 4.99 Å². The molecule has 0 N–H and O–H groups in total. The van der Waals surface area contributed by atoms with Crippen molar-refractivity contribution >= 4 is 6.21 Å². The Labute approximate surface area is 84.6 Å². The molecule has 14 heavy (non-hydrogen) atoms. The van der Waals surface area contributed by atoms with Crippen molar-refractivity contribution in [1.29, 1.82) is 0 Å². The Bertz CT molecular complexity index is 349. The molecule has 0 aliphatic carbocycles. The zero-order chi connectivity index (χ0) is 9.80. The van der Waals surface area contributed by atoms with Crippen LogP contribution in [0.25, 0.3) is 0 Å². The molecule has 0 saturated carbocycles. The van der Waals surface area contributed by atoms with E-state index in [1.807, 2.05) is 12.3 Å². The van der Waals surface area contributed by atoms with Crippen molar-refractivity contribution in [3.63, 3.8) is 0 Å². The second-order valence-electron chi connectivity index (χ2n) is 3.55. The van der Waals surface area contributed by atoms with Gasteiger partial charge < -0.3 is 4.90 Å². The normalized spacial score (nSPS) is 14.8. The first-order valence-corrected chi connectivity index (χ1v) is 4.81. The van der Waals surface area contributed by atoms with E-state index in [-0.39, 0.29) is 0 Å². The molecule has 2 rings (SSSR count). The van der Waals surface area contributed by atoms with Gasteiger partial charge in [-0.05, 0) is 18.6 Å². The fourth-order valence-electron chi connectivity index (χ4n) is 1.45. The van der Waals surface area contributed by atoms with E-state index in [0.29, 0.717) is 0 Å². The molecule has 2 heteroatoms. The van der Waals surface area contributed by atoms with Gasteiger partial charge in [-0.1, -0.05) is 29.8 Å². The molecule has 1 heterocycles. The summed E-state index contributed by atoms with van der Waals surface area (Å²) in [7, 11) is 0. The lowest BCUT2D eigenvalue weighted by molar-refractivity contribution is 0.379. The van der Waals surface area contributed by atoms with Crippen LogP contribution in [0.15, 0.2) is 41.5 Å². The average Bonchev–Trinajstić information content (AvgIpc) is 2.23. The van der Waals surface area contributed by atoms with Gasteiger partial charge in [-0.15, -0.1) is 0 Å². The molecule has 0 saturated heterocycles. The first kappa shape index (κ1) is 9.00. The smallest absolute Gasteiger partial charge is 0.110 e. The second-order valence-corrected chi connectivity index (χ2v) is 3.55. The molecule has 0 bridgehead atoms. The van der Waals surface area contributed by atoms with E-state index in [9.17, 15) is 0 Å². The van der Waals surface area contributed by atoms with Crippen molar-refractivity contribution in [2.24, 2.45) is 4.99 Å². The fraction of sp³-hybridized carbons (Fsp3) is 0.250. The Balaban J connectivity index is 2.00. The van der Waals surface area contributed by atoms with Gasteiger partial charge in [0, 0.05) is 19.0 Å². The fourth-order valence-corrected chi connectivity index (χ4v) is 1.45. The van der Waals surface area contributed by atoms with Gasteiger partial charge in [0.25, 0.3) is 0 Å². The van der Waals surface area contributed by atoms with E-state index in [4.69, 9.17) is 0 Å². The topological polar surface area (TPSA) is 15.6 Å². The van der Waals surface area contributed by atoms with Gasteiger partial charge in [-0.25, -0.2) is 0 Å². The highest BCUT2D eigenvalue weighted by atomic mass is 15.2. The monoisotopic (exact) mass is 186 g/mol. The molecule has 0 amide bonds. The van der Waals surface area contributed by atoms with Gasteiger partial charge in [0.05, 0.1) is 0 Å². The first-order chi connectivity index (χ1) is 6.84. The van der Waals surface area contributed by atoms with Crippen molar-refractivity contribution in [2.45, 2.75) is 13.5 Å². The van der Waals surface area contributed by atoms with Crippen molar-refractivity contribution in [2.75, 3.05) is 6.67 Å². The summed E-state index contributed by atoms with van der Waals surface area (Å²) >= 11 is 0. The van der Waals surface area contributed by atoms with Gasteiger partial charge in [0.15, 0.2) is 0 Å². The van der Waals surface area contributed by atoms with Gasteiger partial charge in [0.2, 0.25) is 0 Å². The van der Waals surface area contributed by atoms with Crippen LogP contribution in [0.5, 0.6) is 0 Å². The first-order valence-electron chi connectivity index (χ1n) is 4.81. The summed E-state index contributed by atoms with van der Waals surface area (Å²) in [5, 5.41) is 0. The maximum atomic E-state index is 4.19. The van der Waals surface area contributed by atoms with Crippen LogP contribution in [-0.2, 0) is 6.54 Å². The highest BCUT2D eigenvalue weighted by Crippen LogP contribution is 2.08. The van der Waals surface area contributed by atoms with E-state index >= 15 is 0 Å². The lowest BCUT2D eigenvalue weighted by atomic mass is 10.1. The van der Waals surface area contributed by atoms with Gasteiger partial charge >= 0.3 is 0 Å². The zero-order valence-electron chi connectivity index (χ0n) is 8.35. The van der Waals surface area contributed by atoms with Gasteiger partial charge in [-0.2, -0.15) is 0 Å². The van der Waals surface area contributed by atoms with Gasteiger partial charge in [0.1, 0.15) is 6.67 Å². The molecular weight excluding hydrogens is 172 g/mol. The standard InChI is InChI=1S/C12H14N2/c1-11-3-5-12(6-4-11)9-14-8-2-7-13-10-14/h2-8H,9-10H2,1H3. The average molecular weight is 186 g/mol. The van der Waals surface area contributed by atoms with Crippen LogP contribution in [0.1, 0.15) is 11.1 Å². The minimum Gasteiger partial charge on any atom is -0.354 e. The Morgan fingerprint density at radius 2 is 2.07 bits per heavy atom. The third-order valence-corrected chi connectivity index (χ3v) is 2.26. The van der Waals surface area contributed by atoms with Crippen molar-refractivity contribution < 1.29 is 0 Å². The summed E-state index contributed by atoms with van der Waals surface area (Å²) in [5.74, 6) is 0. The SMILES string of the molecule is Cc1ccc(CN2C=CC=NC2)cc1. The Hall–Kier alpha value is -1.57. The highest BCUT2D eigenvalue weighted by molar-refractivity contribution is 5.71. The quantitative estimate of drug-likeness (QED) is 0.692. The third-order valence-electron chi connectivity index (χ3n) is 2.26. The molecule has 1 aliphatic heterocycles. The number of hydrogen-bond acceptors (Lipinski definition) is 2. The molecule has 1 aliphatic rings. The number of nitrogens with zero attached hydrogens (tertiary/aromatic N) is 2. The summed E-state index contributed by atoms with van der Waals surface area (Å²) < 4.78 is 0. The van der Waals surface area contributed by atoms with E-state index in [2.05, 4.69) is 47.3 Å². The Morgan fingerprint density at radius 3 is 2.71 bits per heavy atom. The Morgan fingerprint density at radius 1 is 1.29 bits per heavy atom. The predicted molar refractivity (Wildman–Crippen MR) is 59.2 cm³/mol. The van der Waals surface area contributed by atoms with E-state index in [1.165, 1.54) is 11.1 Å². The van der Waals surface area contributed by atoms with Crippen molar-refractivity contribution in [3.05, 3.63) is 47.7 Å². The molecule has 0 aromatic heterocycles. The number of allylic oxidation sites excluding steroid dienone is 1. The van der Waals surface area contributed by atoms with Crippen LogP contribution in [0.2, 0.25) is 0 Å². The van der Waals surface area contributed by atoms with E-state index < -0.39 is 0 Å². The number of aryl methyl sites for hydroxylation is 1. The summed E-state index contributed by atoms with van der Waals surface area (Å²) in [6.07, 6.45) is 5.89. The van der Waals surface area contributed by atoms with Crippen molar-refractivity contribution in [1.82, 2.24) is 4.90 Å². The van der Waals surface area contributed by atoms with Crippen LogP contribution in [-0.4, -0.2) is 17.8 Å². The number of rotatable bonds is 2. The number of hydrogen-bond donors (Lipinski definition) is 0. The summed E-state index contributed by atoms with van der Waals surface area (Å²) in [6.45, 7) is 3.81. The van der Waals surface area contributed by atoms with Crippen molar-refractivity contribution in [3.8, 4) is 0 Å². The van der Waals surface area contributed by atoms with Crippen LogP contribution in [0.4, 0.5) is 0 Å². The van der Waals surface area contributed by atoms with Crippen LogP contribution in [0, 0.1) is 6.92 Å². The molecule has 0 radical (unpaired) electrons. The summed E-state index contributed by atoms with van der Waals surface area (Å²) in [4.78, 5) is 6.37. The Kier molecular flexibility index (Phi) is 2.63. The minimum absolute atomic E-state index is 0.768. The molecule has 1 aromatic rings. The number of benzene rings is 1. The third kappa shape index (κ3) is 2.22.